The van der Waals surface area contributed by atoms with Crippen LogP contribution in [0.4, 0.5) is 11.4 Å². The molecule has 0 unspecified atom stereocenters. The fraction of sp³-hybridized carbons (Fsp3) is 0.160. The molecule has 13 aromatic heterocycles. The molecule has 16 heterocycles. The van der Waals surface area contributed by atoms with Gasteiger partial charge in [0.25, 0.3) is 0 Å². The van der Waals surface area contributed by atoms with Crippen LogP contribution < -0.4 is 36.7 Å². The molecular formula is C94H81Br3N14O11. The average molecular weight is 1820 g/mol. The van der Waals surface area contributed by atoms with Crippen molar-refractivity contribution in [2.24, 2.45) is 0 Å². The molecular weight excluding hydrogens is 1740 g/mol. The molecule has 3 saturated heterocycles. The summed E-state index contributed by atoms with van der Waals surface area (Å²) < 4.78 is 29.6. The van der Waals surface area contributed by atoms with Gasteiger partial charge in [-0.25, -0.2) is 24.9 Å². The number of carbonyl (C=O) groups excluding carboxylic acids is 3. The number of nitrogens with zero attached hydrogens (tertiary/aromatic N) is 12. The van der Waals surface area contributed by atoms with E-state index in [4.69, 9.17) is 18.4 Å². The van der Waals surface area contributed by atoms with E-state index in [2.05, 4.69) is 93.1 Å². The Balaban J connectivity index is 0.000000115. The molecule has 4 N–H and O–H groups in total. The number of aromatic nitrogens is 10. The number of piperidine rings is 2. The Hall–Kier alpha value is -13.5. The molecule has 18 aromatic rings. The van der Waals surface area contributed by atoms with Crippen molar-refractivity contribution in [2.75, 3.05) is 62.2 Å². The summed E-state index contributed by atoms with van der Waals surface area (Å²) in [4.78, 5) is 97.5. The van der Waals surface area contributed by atoms with Crippen LogP contribution in [0.1, 0.15) is 82.3 Å². The summed E-state index contributed by atoms with van der Waals surface area (Å²) >= 11 is 9.84. The van der Waals surface area contributed by atoms with Crippen LogP contribution >= 0.6 is 47.8 Å². The minimum atomic E-state index is -0.272. The molecule has 3 fully saturated rings. The van der Waals surface area contributed by atoms with Gasteiger partial charge in [-0.3, -0.25) is 28.8 Å². The summed E-state index contributed by atoms with van der Waals surface area (Å²) in [5.41, 5.74) is 11.5. The summed E-state index contributed by atoms with van der Waals surface area (Å²) in [5.74, 6) is 1.04. The number of anilines is 2. The Kier molecular flexibility index (Phi) is 26.8. The van der Waals surface area contributed by atoms with E-state index in [9.17, 15) is 33.9 Å². The maximum atomic E-state index is 12.7. The predicted octanol–water partition coefficient (Wildman–Crippen LogP) is 18.4. The normalized spacial score (nSPS) is 13.2. The van der Waals surface area contributed by atoms with Crippen molar-refractivity contribution in [3.8, 4) is 45.9 Å². The Labute approximate surface area is 723 Å². The quantitative estimate of drug-likeness (QED) is 0.0562. The molecule has 3 aliphatic rings. The van der Waals surface area contributed by atoms with Gasteiger partial charge in [0.15, 0.2) is 51.4 Å². The number of Topliss-reactive ketones (excluding diaryl/α,β-unsaturated/α-hetero) is 1. The molecule has 0 atom stereocenters. The van der Waals surface area contributed by atoms with Gasteiger partial charge in [-0.2, -0.15) is 0 Å². The number of imidazole rings is 5. The van der Waals surface area contributed by atoms with Gasteiger partial charge >= 0.3 is 0 Å². The zero-order valence-electron chi connectivity index (χ0n) is 66.0. The number of pyridine rings is 5. The second-order valence-corrected chi connectivity index (χ2v) is 31.5. The molecule has 5 aromatic carbocycles. The van der Waals surface area contributed by atoms with Gasteiger partial charge in [-0.1, -0.05) is 84.5 Å². The molecule has 3 aliphatic heterocycles. The lowest BCUT2D eigenvalue weighted by Gasteiger charge is -2.29. The second kappa shape index (κ2) is 39.1. The zero-order chi connectivity index (χ0) is 84.6. The smallest absolute Gasteiger partial charge is 0.193 e. The summed E-state index contributed by atoms with van der Waals surface area (Å²) in [6.07, 6.45) is 30.3. The minimum absolute atomic E-state index is 0.0284. The maximum absolute atomic E-state index is 12.7. The van der Waals surface area contributed by atoms with Crippen molar-refractivity contribution in [1.82, 2.24) is 57.6 Å². The van der Waals surface area contributed by atoms with Gasteiger partial charge in [0.2, 0.25) is 0 Å². The molecule has 0 amide bonds. The van der Waals surface area contributed by atoms with E-state index in [1.165, 1.54) is 88.9 Å². The topological polar surface area (TPSA) is 299 Å². The van der Waals surface area contributed by atoms with Crippen LogP contribution in [0.25, 0.3) is 102 Å². The Bertz CT molecular complexity index is 6690. The van der Waals surface area contributed by atoms with Crippen molar-refractivity contribution < 1.29 is 37.8 Å². The van der Waals surface area contributed by atoms with E-state index in [1.54, 1.807) is 54.7 Å². The number of piperazine rings is 1. The van der Waals surface area contributed by atoms with Crippen LogP contribution in [0.3, 0.4) is 0 Å². The van der Waals surface area contributed by atoms with Crippen LogP contribution in [0, 0.1) is 0 Å². The van der Waals surface area contributed by atoms with Gasteiger partial charge in [-0.05, 0) is 216 Å². The molecule has 122 heavy (non-hydrogen) atoms. The van der Waals surface area contributed by atoms with Crippen molar-refractivity contribution in [1.29, 1.82) is 0 Å². The molecule has 28 heteroatoms. The number of allylic oxidation sites excluding steroid dienone is 1. The van der Waals surface area contributed by atoms with E-state index in [1.807, 2.05) is 211 Å². The second-order valence-electron chi connectivity index (χ2n) is 28.8. The number of rotatable bonds is 10. The first-order chi connectivity index (χ1) is 59.4. The number of hydrogen-bond donors (Lipinski definition) is 4. The van der Waals surface area contributed by atoms with Crippen molar-refractivity contribution in [3.05, 3.63) is 335 Å². The Morgan fingerprint density at radius 3 is 1.17 bits per heavy atom. The standard InChI is InChI=1S/C21H19N3O2.C20H18N4O2.C16H9BrN2O2.C16H11BrN2O2.C8H7BrO2.C8H6N2O.C5H11N/c25-18-13-20(17-14-24-11-5-2-6-21(24)22-17)26-19-8-7-15(12-16(18)19)23-9-3-1-4-10-23;25-17-12-19(16-13-24-8-2-1-3-20(24)22-16)26-18-5-4-14(11-15(17)18)23-9-6-21-7-10-23;17-10-4-5-14-11(7-10)13(20)8-15(21-14)12-9-19-6-2-1-3-16(19)18-12;17-11-4-6-14(20)13(9-11)15(21)7-5-12-10-19-8-2-1-3-16(19)18-12;1-5(10)7-4-6(9)2-3-8(7)11;11-6-7-5-10-4-2-1-3-8(10)9-7;1-2-4-6-5-3-1/h2,5-8,11-14H,1,3-4,9-10H2;1-5,8,11-13,21H,6-7,9-10H2;1-9H;1-10,20H;2-4,11H,1H3;1-6H;6H,1-5H2/b;;;7-5+;;;. The van der Waals surface area contributed by atoms with E-state index in [0.717, 1.165) is 98.6 Å². The number of aromatic hydroxyl groups is 2. The lowest BCUT2D eigenvalue weighted by molar-refractivity contribution is 0.101. The monoisotopic (exact) mass is 1820 g/mol. The van der Waals surface area contributed by atoms with Crippen LogP contribution in [-0.2, 0) is 0 Å². The molecule has 0 saturated carbocycles. The number of phenolic OH excluding ortho intramolecular Hbond substituents is 2. The van der Waals surface area contributed by atoms with Crippen LogP contribution in [0.2, 0.25) is 0 Å². The highest BCUT2D eigenvalue weighted by Gasteiger charge is 2.19. The highest BCUT2D eigenvalue weighted by atomic mass is 79.9. The van der Waals surface area contributed by atoms with Crippen molar-refractivity contribution >= 4 is 144 Å². The lowest BCUT2D eigenvalue weighted by atomic mass is 10.1. The fourth-order valence-electron chi connectivity index (χ4n) is 14.0. The molecule has 25 nitrogen and oxygen atoms in total. The van der Waals surface area contributed by atoms with Crippen LogP contribution in [0.15, 0.2) is 309 Å². The number of phenols is 2. The number of carbonyl (C=O) groups is 3. The molecule has 0 aliphatic carbocycles. The molecule has 21 rings (SSSR count). The number of nitrogens with one attached hydrogen (secondary N) is 2. The molecule has 0 spiro atoms. The maximum Gasteiger partial charge on any atom is 0.193 e. The van der Waals surface area contributed by atoms with E-state index in [-0.39, 0.29) is 44.9 Å². The van der Waals surface area contributed by atoms with Crippen molar-refractivity contribution in [2.45, 2.75) is 45.4 Å². The van der Waals surface area contributed by atoms with Gasteiger partial charge in [-0.15, -0.1) is 0 Å². The van der Waals surface area contributed by atoms with Gasteiger partial charge in [0.1, 0.15) is 79.3 Å². The Morgan fingerprint density at radius 2 is 0.762 bits per heavy atom. The third-order valence-corrected chi connectivity index (χ3v) is 21.7. The van der Waals surface area contributed by atoms with Crippen LogP contribution in [-0.4, -0.2) is 127 Å². The first-order valence-electron chi connectivity index (χ1n) is 39.6. The largest absolute Gasteiger partial charge is 0.507 e. The van der Waals surface area contributed by atoms with Gasteiger partial charge in [0, 0.05) is 144 Å². The molecule has 0 bridgehead atoms. The summed E-state index contributed by atoms with van der Waals surface area (Å²) in [7, 11) is 0. The van der Waals surface area contributed by atoms with E-state index in [0.29, 0.717) is 84.2 Å². The number of halogens is 3. The van der Waals surface area contributed by atoms with E-state index >= 15 is 0 Å². The summed E-state index contributed by atoms with van der Waals surface area (Å²) in [6.45, 7) is 9.82. The average Bonchev–Trinajstić information content (AvgIpc) is 1.51. The van der Waals surface area contributed by atoms with Crippen molar-refractivity contribution in [3.63, 3.8) is 0 Å². The number of hydrogen-bond acceptors (Lipinski definition) is 20. The first-order valence-corrected chi connectivity index (χ1v) is 41.9. The lowest BCUT2D eigenvalue weighted by Crippen LogP contribution is -2.43. The first kappa shape index (κ1) is 83.5. The number of fused-ring (bicyclic) bond motifs is 8. The summed E-state index contributed by atoms with van der Waals surface area (Å²) in [6, 6.07) is 59.9. The SMILES string of the molecule is C1CCNCC1.CC(=O)c1cc(Br)ccc1O.O=C(/C=C/c1cn2ccccc2n1)c1cc(Br)ccc1O.O=Cc1cn2ccccc2n1.O=c1cc(-c2cn3ccccc3n2)oc2ccc(Br)cc12.O=c1cc(-c2cn3ccccc3n2)oc2ccc(N3CCCCC3)cc12.O=c1cc(-c2cn3ccccc3n2)oc2ccc(N3CCNCC3)cc12. The molecule has 0 radical (unpaired) electrons. The zero-order valence-corrected chi connectivity index (χ0v) is 70.8. The highest BCUT2D eigenvalue weighted by molar-refractivity contribution is 9.11. The third-order valence-electron chi connectivity index (χ3n) is 20.2. The third kappa shape index (κ3) is 20.7. The number of benzene rings is 5. The predicted molar refractivity (Wildman–Crippen MR) is 486 cm³/mol. The van der Waals surface area contributed by atoms with Gasteiger partial charge < -0.3 is 65.9 Å². The van der Waals surface area contributed by atoms with E-state index < -0.39 is 0 Å². The van der Waals surface area contributed by atoms with Gasteiger partial charge in [0.05, 0.1) is 33.0 Å². The highest BCUT2D eigenvalue weighted by Crippen LogP contribution is 2.31. The number of aldehydes is 1. The number of ketones is 2. The Morgan fingerprint density at radius 1 is 0.393 bits per heavy atom. The van der Waals surface area contributed by atoms with Crippen LogP contribution in [0.5, 0.6) is 11.5 Å². The summed E-state index contributed by atoms with van der Waals surface area (Å²) in [5, 5.41) is 27.3. The minimum Gasteiger partial charge on any atom is -0.507 e. The molecule has 614 valence electrons. The fourth-order valence-corrected chi connectivity index (χ4v) is 15.1.